The summed E-state index contributed by atoms with van der Waals surface area (Å²) in [6.07, 6.45) is 2.06. The maximum absolute atomic E-state index is 14.1. The first-order valence-corrected chi connectivity index (χ1v) is 15.3. The first-order chi connectivity index (χ1) is 22.1. The molecule has 3 aromatic carbocycles. The van der Waals surface area contributed by atoms with E-state index in [-0.39, 0.29) is 29.8 Å². The van der Waals surface area contributed by atoms with Gasteiger partial charge >= 0.3 is 0 Å². The van der Waals surface area contributed by atoms with Crippen molar-refractivity contribution in [3.63, 3.8) is 0 Å². The standard InChI is InChI=1S/C36H38FN5O4/c1-22-7-8-26(35(45)39-4)20-30(22)32-14-13-31(40-34(44)23(2)38-3)36(46)42(32)21-24-17-27(19-29(18-24)41-15-5-6-16-41)33(43)25-9-11-28(37)12-10-25/h7-14,17-20,23,38H,5-6,15-16,21H2,1-4H3,(H,39,45)(H,40,44). The van der Waals surface area contributed by atoms with Crippen molar-refractivity contribution in [1.82, 2.24) is 15.2 Å². The van der Waals surface area contributed by atoms with E-state index in [1.165, 1.54) is 24.3 Å². The van der Waals surface area contributed by atoms with E-state index in [1.54, 1.807) is 55.9 Å². The summed E-state index contributed by atoms with van der Waals surface area (Å²) in [5.41, 5.74) is 4.52. The van der Waals surface area contributed by atoms with Crippen molar-refractivity contribution in [1.29, 1.82) is 0 Å². The van der Waals surface area contributed by atoms with Crippen molar-refractivity contribution in [3.05, 3.63) is 117 Å². The van der Waals surface area contributed by atoms with E-state index >= 15 is 0 Å². The minimum absolute atomic E-state index is 0.0779. The Bertz CT molecular complexity index is 1840. The van der Waals surface area contributed by atoms with E-state index in [0.717, 1.165) is 37.2 Å². The van der Waals surface area contributed by atoms with Crippen LogP contribution in [0.2, 0.25) is 0 Å². The molecule has 1 aromatic heterocycles. The van der Waals surface area contributed by atoms with Crippen LogP contribution in [0.25, 0.3) is 11.3 Å². The predicted molar refractivity (Wildman–Crippen MR) is 178 cm³/mol. The number of likely N-dealkylation sites (N-methyl/N-ethyl adjacent to an activating group) is 1. The lowest BCUT2D eigenvalue weighted by Gasteiger charge is -2.22. The molecule has 1 aliphatic rings. The van der Waals surface area contributed by atoms with Gasteiger partial charge in [0.05, 0.1) is 18.3 Å². The number of anilines is 2. The lowest BCUT2D eigenvalue weighted by molar-refractivity contribution is -0.117. The van der Waals surface area contributed by atoms with Crippen molar-refractivity contribution in [3.8, 4) is 11.3 Å². The number of rotatable bonds is 10. The molecule has 10 heteroatoms. The summed E-state index contributed by atoms with van der Waals surface area (Å²) in [5.74, 6) is -1.31. The molecule has 1 saturated heterocycles. The van der Waals surface area contributed by atoms with E-state index in [0.29, 0.717) is 33.5 Å². The normalized spacial score (nSPS) is 13.4. The minimum atomic E-state index is -0.531. The Labute approximate surface area is 267 Å². The molecule has 2 heterocycles. The predicted octanol–water partition coefficient (Wildman–Crippen LogP) is 4.75. The molecule has 0 radical (unpaired) electrons. The van der Waals surface area contributed by atoms with Crippen LogP contribution in [0, 0.1) is 12.7 Å². The summed E-state index contributed by atoms with van der Waals surface area (Å²) in [7, 11) is 3.21. The topological polar surface area (TPSA) is 113 Å². The third kappa shape index (κ3) is 6.92. The van der Waals surface area contributed by atoms with Crippen molar-refractivity contribution in [2.75, 3.05) is 37.4 Å². The summed E-state index contributed by atoms with van der Waals surface area (Å²) in [5, 5.41) is 8.26. The molecule has 1 aliphatic heterocycles. The van der Waals surface area contributed by atoms with Gasteiger partial charge in [-0.15, -0.1) is 0 Å². The number of pyridine rings is 1. The lowest BCUT2D eigenvalue weighted by Crippen LogP contribution is -2.37. The van der Waals surface area contributed by atoms with Gasteiger partial charge in [0.1, 0.15) is 11.5 Å². The quantitative estimate of drug-likeness (QED) is 0.220. The Balaban J connectivity index is 1.66. The Hall–Kier alpha value is -5.09. The van der Waals surface area contributed by atoms with Gasteiger partial charge in [0, 0.05) is 48.1 Å². The van der Waals surface area contributed by atoms with Crippen LogP contribution in [0.1, 0.15) is 57.2 Å². The Kier molecular flexibility index (Phi) is 9.77. The van der Waals surface area contributed by atoms with Crippen LogP contribution in [0.15, 0.2) is 77.6 Å². The molecule has 46 heavy (non-hydrogen) atoms. The zero-order valence-corrected chi connectivity index (χ0v) is 26.4. The third-order valence-electron chi connectivity index (χ3n) is 8.42. The summed E-state index contributed by atoms with van der Waals surface area (Å²) in [4.78, 5) is 55.3. The number of nitrogens with zero attached hydrogens (tertiary/aromatic N) is 2. The first kappa shape index (κ1) is 32.3. The number of aromatic nitrogens is 1. The zero-order valence-electron chi connectivity index (χ0n) is 26.4. The fourth-order valence-corrected chi connectivity index (χ4v) is 5.63. The van der Waals surface area contributed by atoms with Crippen molar-refractivity contribution in [2.24, 2.45) is 0 Å². The van der Waals surface area contributed by atoms with Gasteiger partial charge < -0.3 is 25.4 Å². The summed E-state index contributed by atoms with van der Waals surface area (Å²) < 4.78 is 15.2. The van der Waals surface area contributed by atoms with Crippen LogP contribution < -0.4 is 26.4 Å². The van der Waals surface area contributed by atoms with Crippen molar-refractivity contribution >= 4 is 29.0 Å². The molecule has 1 fully saturated rings. The summed E-state index contributed by atoms with van der Waals surface area (Å²) in [6, 6.07) is 19.1. The molecule has 1 unspecified atom stereocenters. The molecule has 1 atom stereocenters. The maximum Gasteiger partial charge on any atom is 0.275 e. The highest BCUT2D eigenvalue weighted by atomic mass is 19.1. The molecule has 4 aromatic rings. The molecular weight excluding hydrogens is 585 g/mol. The van der Waals surface area contributed by atoms with Crippen molar-refractivity contribution < 1.29 is 18.8 Å². The Morgan fingerprint density at radius 2 is 1.57 bits per heavy atom. The van der Waals surface area contributed by atoms with Gasteiger partial charge in [-0.1, -0.05) is 6.07 Å². The number of halogens is 1. The number of carbonyl (C=O) groups excluding carboxylic acids is 3. The number of aryl methyl sites for hydroxylation is 1. The maximum atomic E-state index is 14.1. The van der Waals surface area contributed by atoms with E-state index in [2.05, 4.69) is 20.9 Å². The molecular formula is C36H38FN5O4. The number of carbonyl (C=O) groups is 3. The van der Waals surface area contributed by atoms with Gasteiger partial charge in [0.15, 0.2) is 5.78 Å². The van der Waals surface area contributed by atoms with Crippen LogP contribution in [0.4, 0.5) is 15.8 Å². The first-order valence-electron chi connectivity index (χ1n) is 15.3. The van der Waals surface area contributed by atoms with Gasteiger partial charge in [0.2, 0.25) is 5.91 Å². The second kappa shape index (κ2) is 13.9. The van der Waals surface area contributed by atoms with Crippen LogP contribution in [-0.4, -0.2) is 55.4 Å². The molecule has 3 N–H and O–H groups in total. The van der Waals surface area contributed by atoms with Gasteiger partial charge in [-0.3, -0.25) is 19.2 Å². The average molecular weight is 624 g/mol. The monoisotopic (exact) mass is 623 g/mol. The van der Waals surface area contributed by atoms with E-state index in [9.17, 15) is 23.6 Å². The zero-order chi connectivity index (χ0) is 33.0. The Morgan fingerprint density at radius 1 is 0.870 bits per heavy atom. The number of hydrogen-bond acceptors (Lipinski definition) is 6. The van der Waals surface area contributed by atoms with E-state index in [1.807, 2.05) is 25.1 Å². The second-order valence-electron chi connectivity index (χ2n) is 11.6. The molecule has 0 spiro atoms. The number of nitrogens with one attached hydrogen (secondary N) is 3. The van der Waals surface area contributed by atoms with Crippen LogP contribution in [0.5, 0.6) is 0 Å². The molecule has 5 rings (SSSR count). The van der Waals surface area contributed by atoms with Crippen LogP contribution in [0.3, 0.4) is 0 Å². The second-order valence-corrected chi connectivity index (χ2v) is 11.6. The molecule has 0 saturated carbocycles. The third-order valence-corrected chi connectivity index (χ3v) is 8.42. The lowest BCUT2D eigenvalue weighted by atomic mass is 9.98. The SMILES string of the molecule is CNC(=O)c1ccc(C)c(-c2ccc(NC(=O)C(C)NC)c(=O)n2Cc2cc(C(=O)c3ccc(F)cc3)cc(N3CCCC3)c2)c1. The molecule has 238 valence electrons. The number of benzene rings is 3. The van der Waals surface area contributed by atoms with E-state index in [4.69, 9.17) is 0 Å². The summed E-state index contributed by atoms with van der Waals surface area (Å²) in [6.45, 7) is 5.36. The Morgan fingerprint density at radius 3 is 2.24 bits per heavy atom. The molecule has 9 nitrogen and oxygen atoms in total. The molecule has 2 amide bonds. The highest BCUT2D eigenvalue weighted by Gasteiger charge is 2.21. The fraction of sp³-hybridized carbons (Fsp3) is 0.278. The molecule has 0 bridgehead atoms. The van der Waals surface area contributed by atoms with Crippen LogP contribution in [-0.2, 0) is 11.3 Å². The number of amides is 2. The fourth-order valence-electron chi connectivity index (χ4n) is 5.63. The number of hydrogen-bond donors (Lipinski definition) is 3. The minimum Gasteiger partial charge on any atom is -0.372 e. The van der Waals surface area contributed by atoms with Gasteiger partial charge in [-0.2, -0.15) is 0 Å². The van der Waals surface area contributed by atoms with E-state index < -0.39 is 17.4 Å². The van der Waals surface area contributed by atoms with Gasteiger partial charge in [0.25, 0.3) is 11.5 Å². The van der Waals surface area contributed by atoms with Crippen molar-refractivity contribution in [2.45, 2.75) is 39.3 Å². The largest absolute Gasteiger partial charge is 0.372 e. The smallest absolute Gasteiger partial charge is 0.275 e. The summed E-state index contributed by atoms with van der Waals surface area (Å²) >= 11 is 0. The van der Waals surface area contributed by atoms with Crippen LogP contribution >= 0.6 is 0 Å². The van der Waals surface area contributed by atoms with Gasteiger partial charge in [-0.05, 0) is 112 Å². The average Bonchev–Trinajstić information content (AvgIpc) is 3.61. The highest BCUT2D eigenvalue weighted by Crippen LogP contribution is 2.29. The molecule has 0 aliphatic carbocycles. The highest BCUT2D eigenvalue weighted by molar-refractivity contribution is 6.09. The van der Waals surface area contributed by atoms with Gasteiger partial charge in [-0.25, -0.2) is 4.39 Å². The number of ketones is 1.